The highest BCUT2D eigenvalue weighted by Gasteiger charge is 2.30. The third-order valence-corrected chi connectivity index (χ3v) is 3.24. The lowest BCUT2D eigenvalue weighted by Crippen LogP contribution is -2.16. The van der Waals surface area contributed by atoms with Crippen LogP contribution in [0.4, 0.5) is 0 Å². The number of ether oxygens (including phenoxy) is 1. The molecule has 1 aromatic carbocycles. The molecule has 1 aliphatic rings. The second-order valence-corrected chi connectivity index (χ2v) is 4.47. The van der Waals surface area contributed by atoms with Crippen LogP contribution >= 0.6 is 15.9 Å². The van der Waals surface area contributed by atoms with Gasteiger partial charge in [0.15, 0.2) is 0 Å². The Morgan fingerprint density at radius 1 is 1.29 bits per heavy atom. The molecule has 1 fully saturated rings. The van der Waals surface area contributed by atoms with Crippen molar-refractivity contribution in [2.45, 2.75) is 25.6 Å². The van der Waals surface area contributed by atoms with Crippen LogP contribution in [-0.2, 0) is 11.3 Å². The fourth-order valence-corrected chi connectivity index (χ4v) is 2.27. The van der Waals surface area contributed by atoms with E-state index in [0.29, 0.717) is 6.10 Å². The Hall–Kier alpha value is -0.340. The van der Waals surface area contributed by atoms with E-state index >= 15 is 0 Å². The topological polar surface area (TPSA) is 9.23 Å². The minimum absolute atomic E-state index is 0.412. The maximum atomic E-state index is 5.85. The Morgan fingerprint density at radius 2 is 2.00 bits per heavy atom. The summed E-state index contributed by atoms with van der Waals surface area (Å²) in [4.78, 5) is 0. The van der Waals surface area contributed by atoms with Gasteiger partial charge in [0, 0.05) is 5.33 Å². The van der Waals surface area contributed by atoms with Gasteiger partial charge in [0.1, 0.15) is 0 Å². The zero-order valence-electron chi connectivity index (χ0n) is 8.16. The predicted molar refractivity (Wildman–Crippen MR) is 61.5 cm³/mol. The molecule has 0 spiro atoms. The van der Waals surface area contributed by atoms with Crippen molar-refractivity contribution in [2.75, 3.05) is 5.33 Å². The number of halogens is 1. The average molecular weight is 255 g/mol. The van der Waals surface area contributed by atoms with Crippen LogP contribution in [0.15, 0.2) is 30.3 Å². The van der Waals surface area contributed by atoms with Gasteiger partial charge in [-0.15, -0.1) is 0 Å². The van der Waals surface area contributed by atoms with Crippen molar-refractivity contribution in [3.05, 3.63) is 35.9 Å². The molecular weight excluding hydrogens is 240 g/mol. The van der Waals surface area contributed by atoms with Gasteiger partial charge >= 0.3 is 0 Å². The highest BCUT2D eigenvalue weighted by Crippen LogP contribution is 2.35. The monoisotopic (exact) mass is 254 g/mol. The molecular formula is C12H15BrO. The molecule has 0 N–H and O–H groups in total. The fraction of sp³-hybridized carbons (Fsp3) is 0.500. The molecule has 1 aromatic rings. The minimum atomic E-state index is 0.412. The molecule has 0 saturated heterocycles. The molecule has 2 heteroatoms. The molecule has 1 atom stereocenters. The predicted octanol–water partition coefficient (Wildman–Crippen LogP) is 3.38. The molecule has 0 radical (unpaired) electrons. The first kappa shape index (κ1) is 10.2. The van der Waals surface area contributed by atoms with Crippen molar-refractivity contribution in [1.29, 1.82) is 0 Å². The van der Waals surface area contributed by atoms with Crippen LogP contribution in [0.3, 0.4) is 0 Å². The Morgan fingerprint density at radius 3 is 2.57 bits per heavy atom. The van der Waals surface area contributed by atoms with Gasteiger partial charge in [0.25, 0.3) is 0 Å². The summed E-state index contributed by atoms with van der Waals surface area (Å²) in [7, 11) is 0. The molecule has 1 nitrogen and oxygen atoms in total. The quantitative estimate of drug-likeness (QED) is 0.733. The summed E-state index contributed by atoms with van der Waals surface area (Å²) in [6.45, 7) is 0.744. The maximum Gasteiger partial charge on any atom is 0.0721 e. The summed E-state index contributed by atoms with van der Waals surface area (Å²) in [5.74, 6) is 0.804. The van der Waals surface area contributed by atoms with E-state index in [9.17, 15) is 0 Å². The standard InChI is InChI=1S/C12H15BrO/c13-8-12(11-6-7-11)14-9-10-4-2-1-3-5-10/h1-5,11-12H,6-9H2. The molecule has 0 aliphatic heterocycles. The summed E-state index contributed by atoms with van der Waals surface area (Å²) < 4.78 is 5.85. The summed E-state index contributed by atoms with van der Waals surface area (Å²) in [5, 5.41) is 0.963. The number of alkyl halides is 1. The van der Waals surface area contributed by atoms with Gasteiger partial charge in [-0.25, -0.2) is 0 Å². The summed E-state index contributed by atoms with van der Waals surface area (Å²) in [6, 6.07) is 10.4. The van der Waals surface area contributed by atoms with Crippen molar-refractivity contribution in [1.82, 2.24) is 0 Å². The largest absolute Gasteiger partial charge is 0.372 e. The third kappa shape index (κ3) is 2.82. The maximum absolute atomic E-state index is 5.85. The van der Waals surface area contributed by atoms with E-state index in [0.717, 1.165) is 17.9 Å². The minimum Gasteiger partial charge on any atom is -0.372 e. The average Bonchev–Trinajstić information content (AvgIpc) is 3.05. The Bertz CT molecular complexity index is 269. The third-order valence-electron chi connectivity index (χ3n) is 2.61. The number of hydrogen-bond donors (Lipinski definition) is 0. The van der Waals surface area contributed by atoms with Crippen molar-refractivity contribution in [2.24, 2.45) is 5.92 Å². The van der Waals surface area contributed by atoms with E-state index in [1.165, 1.54) is 18.4 Å². The van der Waals surface area contributed by atoms with Gasteiger partial charge in [0.2, 0.25) is 0 Å². The van der Waals surface area contributed by atoms with Crippen molar-refractivity contribution >= 4 is 15.9 Å². The van der Waals surface area contributed by atoms with Crippen molar-refractivity contribution in [3.63, 3.8) is 0 Å². The van der Waals surface area contributed by atoms with Crippen LogP contribution in [0.5, 0.6) is 0 Å². The van der Waals surface area contributed by atoms with Crippen molar-refractivity contribution < 1.29 is 4.74 Å². The van der Waals surface area contributed by atoms with Crippen LogP contribution in [0.25, 0.3) is 0 Å². The Labute approximate surface area is 93.6 Å². The van der Waals surface area contributed by atoms with Gasteiger partial charge in [-0.05, 0) is 24.3 Å². The lowest BCUT2D eigenvalue weighted by Gasteiger charge is -2.14. The molecule has 1 aliphatic carbocycles. The van der Waals surface area contributed by atoms with Crippen LogP contribution in [-0.4, -0.2) is 11.4 Å². The second kappa shape index (κ2) is 4.94. The highest BCUT2D eigenvalue weighted by molar-refractivity contribution is 9.09. The summed E-state index contributed by atoms with van der Waals surface area (Å²) >= 11 is 3.50. The molecule has 0 amide bonds. The fourth-order valence-electron chi connectivity index (χ4n) is 1.55. The zero-order chi connectivity index (χ0) is 9.80. The lowest BCUT2D eigenvalue weighted by molar-refractivity contribution is 0.0427. The first-order valence-electron chi connectivity index (χ1n) is 5.11. The molecule has 2 rings (SSSR count). The Kier molecular flexibility index (Phi) is 3.60. The molecule has 76 valence electrons. The molecule has 1 saturated carbocycles. The molecule has 0 aromatic heterocycles. The zero-order valence-corrected chi connectivity index (χ0v) is 9.74. The van der Waals surface area contributed by atoms with Crippen LogP contribution in [0.2, 0.25) is 0 Å². The number of benzene rings is 1. The van der Waals surface area contributed by atoms with E-state index in [2.05, 4.69) is 40.2 Å². The summed E-state index contributed by atoms with van der Waals surface area (Å²) in [6.07, 6.45) is 3.09. The van der Waals surface area contributed by atoms with Gasteiger partial charge < -0.3 is 4.74 Å². The Balaban J connectivity index is 1.81. The van der Waals surface area contributed by atoms with Gasteiger partial charge in [-0.3, -0.25) is 0 Å². The number of hydrogen-bond acceptors (Lipinski definition) is 1. The first-order valence-corrected chi connectivity index (χ1v) is 6.24. The SMILES string of the molecule is BrCC(OCc1ccccc1)C1CC1. The number of rotatable bonds is 5. The van der Waals surface area contributed by atoms with Crippen molar-refractivity contribution in [3.8, 4) is 0 Å². The summed E-state index contributed by atoms with van der Waals surface area (Å²) in [5.41, 5.74) is 1.26. The van der Waals surface area contributed by atoms with E-state index in [1.54, 1.807) is 0 Å². The molecule has 1 unspecified atom stereocenters. The van der Waals surface area contributed by atoms with E-state index in [1.807, 2.05) is 6.07 Å². The smallest absolute Gasteiger partial charge is 0.0721 e. The van der Waals surface area contributed by atoms with Crippen LogP contribution in [0.1, 0.15) is 18.4 Å². The van der Waals surface area contributed by atoms with Gasteiger partial charge in [-0.1, -0.05) is 46.3 Å². The molecule has 0 heterocycles. The van der Waals surface area contributed by atoms with E-state index < -0.39 is 0 Å². The lowest BCUT2D eigenvalue weighted by atomic mass is 10.2. The first-order chi connectivity index (χ1) is 6.90. The molecule has 14 heavy (non-hydrogen) atoms. The van der Waals surface area contributed by atoms with E-state index in [-0.39, 0.29) is 0 Å². The normalized spacial score (nSPS) is 18.1. The van der Waals surface area contributed by atoms with Crippen LogP contribution < -0.4 is 0 Å². The van der Waals surface area contributed by atoms with Gasteiger partial charge in [0.05, 0.1) is 12.7 Å². The van der Waals surface area contributed by atoms with Gasteiger partial charge in [-0.2, -0.15) is 0 Å². The second-order valence-electron chi connectivity index (χ2n) is 3.83. The van der Waals surface area contributed by atoms with E-state index in [4.69, 9.17) is 4.74 Å². The molecule has 0 bridgehead atoms. The van der Waals surface area contributed by atoms with Crippen LogP contribution in [0, 0.1) is 5.92 Å². The highest BCUT2D eigenvalue weighted by atomic mass is 79.9.